The summed E-state index contributed by atoms with van der Waals surface area (Å²) in [5.74, 6) is 0.578. The number of aromatic nitrogens is 2. The summed E-state index contributed by atoms with van der Waals surface area (Å²) >= 11 is 1.54. The lowest BCUT2D eigenvalue weighted by atomic mass is 9.96. The Morgan fingerprint density at radius 1 is 1.53 bits per heavy atom. The Balaban J connectivity index is 2.13. The van der Waals surface area contributed by atoms with E-state index in [1.54, 1.807) is 11.5 Å². The van der Waals surface area contributed by atoms with E-state index < -0.39 is 0 Å². The van der Waals surface area contributed by atoms with Crippen molar-refractivity contribution in [1.82, 2.24) is 14.9 Å². The van der Waals surface area contributed by atoms with Gasteiger partial charge in [-0.1, -0.05) is 18.3 Å². The molecule has 5 heteroatoms. The normalized spacial score (nSPS) is 21.9. The fourth-order valence-corrected chi connectivity index (χ4v) is 3.19. The fraction of sp³-hybridized carbons (Fsp3) is 0.833. The van der Waals surface area contributed by atoms with Gasteiger partial charge >= 0.3 is 0 Å². The van der Waals surface area contributed by atoms with E-state index >= 15 is 0 Å². The first-order valence-electron chi connectivity index (χ1n) is 6.49. The number of hydrogen-bond donors (Lipinski definition) is 1. The van der Waals surface area contributed by atoms with Gasteiger partial charge in [0.25, 0.3) is 0 Å². The average molecular weight is 255 g/mol. The first kappa shape index (κ1) is 12.9. The molecule has 1 saturated heterocycles. The van der Waals surface area contributed by atoms with Crippen molar-refractivity contribution in [2.75, 3.05) is 19.8 Å². The van der Waals surface area contributed by atoms with Gasteiger partial charge in [-0.25, -0.2) is 0 Å². The Morgan fingerprint density at radius 2 is 2.41 bits per heavy atom. The van der Waals surface area contributed by atoms with Crippen LogP contribution >= 0.6 is 11.5 Å². The molecule has 0 aliphatic carbocycles. The molecule has 0 bridgehead atoms. The molecule has 96 valence electrons. The quantitative estimate of drug-likeness (QED) is 0.846. The molecule has 2 rings (SSSR count). The fourth-order valence-electron chi connectivity index (χ4n) is 2.29. The highest BCUT2D eigenvalue weighted by atomic mass is 32.1. The highest BCUT2D eigenvalue weighted by Gasteiger charge is 2.29. The standard InChI is InChI=1S/C12H21N3OS/c1-3-6-13-11(9-5-7-16-8-9)12-10(4-2)14-15-17-12/h9,11,13H,3-8H2,1-2H3. The lowest BCUT2D eigenvalue weighted by Crippen LogP contribution is -2.29. The zero-order valence-electron chi connectivity index (χ0n) is 10.6. The molecule has 0 radical (unpaired) electrons. The first-order chi connectivity index (χ1) is 8.36. The molecule has 2 atom stereocenters. The molecular weight excluding hydrogens is 234 g/mol. The summed E-state index contributed by atoms with van der Waals surface area (Å²) < 4.78 is 9.62. The largest absolute Gasteiger partial charge is 0.381 e. The summed E-state index contributed by atoms with van der Waals surface area (Å²) in [6.45, 7) is 7.14. The van der Waals surface area contributed by atoms with Gasteiger partial charge in [-0.2, -0.15) is 0 Å². The van der Waals surface area contributed by atoms with Crippen LogP contribution in [0.25, 0.3) is 0 Å². The van der Waals surface area contributed by atoms with Gasteiger partial charge in [0.15, 0.2) is 0 Å². The Morgan fingerprint density at radius 3 is 3.06 bits per heavy atom. The van der Waals surface area contributed by atoms with E-state index in [1.165, 1.54) is 4.88 Å². The van der Waals surface area contributed by atoms with Crippen molar-refractivity contribution in [2.45, 2.75) is 39.2 Å². The third-order valence-electron chi connectivity index (χ3n) is 3.25. The second-order valence-corrected chi connectivity index (χ2v) is 5.28. The molecule has 0 amide bonds. The van der Waals surface area contributed by atoms with Gasteiger partial charge in [0.05, 0.1) is 23.2 Å². The maximum atomic E-state index is 5.51. The summed E-state index contributed by atoms with van der Waals surface area (Å²) in [5.41, 5.74) is 1.15. The predicted molar refractivity (Wildman–Crippen MR) is 69.2 cm³/mol. The lowest BCUT2D eigenvalue weighted by Gasteiger charge is -2.22. The van der Waals surface area contributed by atoms with Crippen molar-refractivity contribution < 1.29 is 4.74 Å². The SMILES string of the molecule is CCCNC(c1snnc1CC)C1CCOC1. The van der Waals surface area contributed by atoms with Gasteiger partial charge in [0.2, 0.25) is 0 Å². The minimum Gasteiger partial charge on any atom is -0.381 e. The molecule has 1 aromatic rings. The van der Waals surface area contributed by atoms with Crippen molar-refractivity contribution in [3.05, 3.63) is 10.6 Å². The number of rotatable bonds is 6. The molecule has 1 N–H and O–H groups in total. The predicted octanol–water partition coefficient (Wildman–Crippen LogP) is 2.18. The van der Waals surface area contributed by atoms with Crippen LogP contribution < -0.4 is 5.32 Å². The molecule has 0 aromatic carbocycles. The molecule has 2 unspecified atom stereocenters. The van der Waals surface area contributed by atoms with E-state index in [0.717, 1.165) is 44.7 Å². The molecular formula is C12H21N3OS. The topological polar surface area (TPSA) is 47.0 Å². The van der Waals surface area contributed by atoms with Crippen LogP contribution in [-0.2, 0) is 11.2 Å². The van der Waals surface area contributed by atoms with E-state index in [2.05, 4.69) is 28.8 Å². The minimum absolute atomic E-state index is 0.382. The molecule has 0 saturated carbocycles. The number of nitrogens with zero attached hydrogens (tertiary/aromatic N) is 2. The molecule has 1 aliphatic rings. The van der Waals surface area contributed by atoms with Gasteiger partial charge in [-0.3, -0.25) is 0 Å². The maximum absolute atomic E-state index is 5.51. The second kappa shape index (κ2) is 6.42. The highest BCUT2D eigenvalue weighted by Crippen LogP contribution is 2.32. The van der Waals surface area contributed by atoms with Gasteiger partial charge < -0.3 is 10.1 Å². The van der Waals surface area contributed by atoms with Gasteiger partial charge in [-0.15, -0.1) is 5.10 Å². The molecule has 17 heavy (non-hydrogen) atoms. The minimum atomic E-state index is 0.382. The Kier molecular flexibility index (Phi) is 4.88. The lowest BCUT2D eigenvalue weighted by molar-refractivity contribution is 0.177. The van der Waals surface area contributed by atoms with Crippen molar-refractivity contribution in [2.24, 2.45) is 5.92 Å². The average Bonchev–Trinajstić information content (AvgIpc) is 3.00. The third kappa shape index (κ3) is 3.03. The smallest absolute Gasteiger partial charge is 0.0801 e. The van der Waals surface area contributed by atoms with E-state index in [0.29, 0.717) is 12.0 Å². The van der Waals surface area contributed by atoms with Crippen LogP contribution in [0.1, 0.15) is 43.3 Å². The zero-order valence-corrected chi connectivity index (χ0v) is 11.4. The molecule has 1 fully saturated rings. The molecule has 1 aliphatic heterocycles. The van der Waals surface area contributed by atoms with Crippen molar-refractivity contribution in [1.29, 1.82) is 0 Å². The number of hydrogen-bond acceptors (Lipinski definition) is 5. The van der Waals surface area contributed by atoms with E-state index in [-0.39, 0.29) is 0 Å². The van der Waals surface area contributed by atoms with Crippen LogP contribution in [0, 0.1) is 5.92 Å². The number of nitrogens with one attached hydrogen (secondary N) is 1. The molecule has 1 aromatic heterocycles. The third-order valence-corrected chi connectivity index (χ3v) is 4.10. The Bertz CT molecular complexity index is 336. The zero-order chi connectivity index (χ0) is 12.1. The highest BCUT2D eigenvalue weighted by molar-refractivity contribution is 7.05. The van der Waals surface area contributed by atoms with Crippen LogP contribution in [0.15, 0.2) is 0 Å². The van der Waals surface area contributed by atoms with Crippen LogP contribution in [0.5, 0.6) is 0 Å². The van der Waals surface area contributed by atoms with Crippen LogP contribution in [0.4, 0.5) is 0 Å². The van der Waals surface area contributed by atoms with Crippen LogP contribution in [-0.4, -0.2) is 29.3 Å². The van der Waals surface area contributed by atoms with Gasteiger partial charge in [0, 0.05) is 12.5 Å². The van der Waals surface area contributed by atoms with Gasteiger partial charge in [-0.05, 0) is 37.3 Å². The molecule has 4 nitrogen and oxygen atoms in total. The summed E-state index contributed by atoms with van der Waals surface area (Å²) in [6.07, 6.45) is 3.25. The molecule has 0 spiro atoms. The van der Waals surface area contributed by atoms with Crippen molar-refractivity contribution in [3.8, 4) is 0 Å². The second-order valence-electron chi connectivity index (χ2n) is 4.49. The Hall–Kier alpha value is -0.520. The van der Waals surface area contributed by atoms with E-state index in [1.807, 2.05) is 0 Å². The summed E-state index contributed by atoms with van der Waals surface area (Å²) in [4.78, 5) is 1.32. The monoisotopic (exact) mass is 255 g/mol. The summed E-state index contributed by atoms with van der Waals surface area (Å²) in [6, 6.07) is 0.382. The van der Waals surface area contributed by atoms with E-state index in [4.69, 9.17) is 4.74 Å². The summed E-state index contributed by atoms with van der Waals surface area (Å²) in [7, 11) is 0. The van der Waals surface area contributed by atoms with Crippen molar-refractivity contribution >= 4 is 11.5 Å². The summed E-state index contributed by atoms with van der Waals surface area (Å²) in [5, 5.41) is 7.86. The van der Waals surface area contributed by atoms with Crippen LogP contribution in [0.2, 0.25) is 0 Å². The van der Waals surface area contributed by atoms with Crippen molar-refractivity contribution in [3.63, 3.8) is 0 Å². The number of aryl methyl sites for hydroxylation is 1. The Labute approximate surface area is 107 Å². The van der Waals surface area contributed by atoms with Gasteiger partial charge in [0.1, 0.15) is 0 Å². The first-order valence-corrected chi connectivity index (χ1v) is 7.26. The molecule has 2 heterocycles. The van der Waals surface area contributed by atoms with Crippen LogP contribution in [0.3, 0.4) is 0 Å². The maximum Gasteiger partial charge on any atom is 0.0801 e. The number of ether oxygens (including phenoxy) is 1. The van der Waals surface area contributed by atoms with E-state index in [9.17, 15) is 0 Å².